The fourth-order valence-corrected chi connectivity index (χ4v) is 0.807. The van der Waals surface area contributed by atoms with Crippen LogP contribution < -0.4 is 4.74 Å². The summed E-state index contributed by atoms with van der Waals surface area (Å²) in [4.78, 5) is 2.67. The number of hydrogen-bond donors (Lipinski definition) is 1. The maximum Gasteiger partial charge on any atom is 0.574 e. The minimum atomic E-state index is -5.01. The highest BCUT2D eigenvalue weighted by molar-refractivity contribution is 6.31. The second-order valence-electron chi connectivity index (χ2n) is 2.13. The summed E-state index contributed by atoms with van der Waals surface area (Å²) < 4.78 is 50.7. The summed E-state index contributed by atoms with van der Waals surface area (Å²) in [6.07, 6.45) is -5.01. The molecule has 1 N–H and O–H groups in total. The van der Waals surface area contributed by atoms with E-state index in [4.69, 9.17) is 16.7 Å². The Labute approximate surface area is 79.9 Å². The molecule has 78 valence electrons. The SMILES string of the molecule is Oc1cc(Cl)c(OC(F)(F)F)nc1F. The van der Waals surface area contributed by atoms with Gasteiger partial charge in [0.05, 0.1) is 0 Å². The Morgan fingerprint density at radius 2 is 2.00 bits per heavy atom. The Morgan fingerprint density at radius 1 is 1.43 bits per heavy atom. The molecule has 0 unspecified atom stereocenters. The van der Waals surface area contributed by atoms with Gasteiger partial charge in [0, 0.05) is 6.07 Å². The number of halogens is 5. The van der Waals surface area contributed by atoms with Crippen LogP contribution in [0.4, 0.5) is 17.6 Å². The van der Waals surface area contributed by atoms with Crippen LogP contribution in [0, 0.1) is 5.95 Å². The van der Waals surface area contributed by atoms with Crippen LogP contribution in [0.1, 0.15) is 0 Å². The smallest absolute Gasteiger partial charge is 0.504 e. The number of nitrogens with zero attached hydrogens (tertiary/aromatic N) is 1. The first-order valence-corrected chi connectivity index (χ1v) is 3.48. The molecule has 0 aliphatic carbocycles. The molecule has 1 rings (SSSR count). The van der Waals surface area contributed by atoms with Gasteiger partial charge in [0.1, 0.15) is 5.02 Å². The lowest BCUT2D eigenvalue weighted by Gasteiger charge is -2.09. The molecule has 8 heteroatoms. The van der Waals surface area contributed by atoms with Gasteiger partial charge in [-0.3, -0.25) is 0 Å². The molecule has 0 spiro atoms. The molecule has 1 heterocycles. The van der Waals surface area contributed by atoms with E-state index in [0.717, 1.165) is 0 Å². The van der Waals surface area contributed by atoms with Gasteiger partial charge in [-0.05, 0) is 0 Å². The molecule has 0 radical (unpaired) electrons. The molecule has 0 aliphatic heterocycles. The van der Waals surface area contributed by atoms with Crippen LogP contribution in [0.3, 0.4) is 0 Å². The Bertz CT molecular complexity index is 354. The summed E-state index contributed by atoms with van der Waals surface area (Å²) in [6.45, 7) is 0. The third kappa shape index (κ3) is 2.63. The zero-order chi connectivity index (χ0) is 10.9. The van der Waals surface area contributed by atoms with E-state index in [0.29, 0.717) is 6.07 Å². The summed E-state index contributed by atoms with van der Waals surface area (Å²) in [7, 11) is 0. The van der Waals surface area contributed by atoms with Crippen LogP contribution in [0.25, 0.3) is 0 Å². The van der Waals surface area contributed by atoms with Gasteiger partial charge in [-0.2, -0.15) is 9.37 Å². The topological polar surface area (TPSA) is 42.4 Å². The van der Waals surface area contributed by atoms with E-state index >= 15 is 0 Å². The lowest BCUT2D eigenvalue weighted by Crippen LogP contribution is -2.18. The van der Waals surface area contributed by atoms with Crippen LogP contribution in [0.5, 0.6) is 11.6 Å². The first-order chi connectivity index (χ1) is 6.29. The van der Waals surface area contributed by atoms with E-state index < -0.39 is 29.0 Å². The molecular formula is C6H2ClF4NO2. The van der Waals surface area contributed by atoms with E-state index in [1.54, 1.807) is 0 Å². The van der Waals surface area contributed by atoms with Crippen LogP contribution >= 0.6 is 11.6 Å². The molecular weight excluding hydrogens is 230 g/mol. The van der Waals surface area contributed by atoms with Crippen LogP contribution in [0.15, 0.2) is 6.07 Å². The second kappa shape index (κ2) is 3.49. The lowest BCUT2D eigenvalue weighted by molar-refractivity contribution is -0.276. The Morgan fingerprint density at radius 3 is 2.50 bits per heavy atom. The molecule has 0 amide bonds. The zero-order valence-corrected chi connectivity index (χ0v) is 7.03. The van der Waals surface area contributed by atoms with Gasteiger partial charge in [0.25, 0.3) is 5.95 Å². The molecule has 0 aliphatic rings. The first-order valence-electron chi connectivity index (χ1n) is 3.10. The largest absolute Gasteiger partial charge is 0.574 e. The summed E-state index contributed by atoms with van der Waals surface area (Å²) >= 11 is 5.19. The number of aromatic nitrogens is 1. The second-order valence-corrected chi connectivity index (χ2v) is 2.54. The summed E-state index contributed by atoms with van der Waals surface area (Å²) in [6, 6.07) is 0.560. The lowest BCUT2D eigenvalue weighted by atomic mass is 10.4. The van der Waals surface area contributed by atoms with Crippen molar-refractivity contribution in [3.05, 3.63) is 17.0 Å². The van der Waals surface area contributed by atoms with Crippen molar-refractivity contribution in [2.75, 3.05) is 0 Å². The van der Waals surface area contributed by atoms with Gasteiger partial charge in [-0.25, -0.2) is 0 Å². The van der Waals surface area contributed by atoms with Crippen molar-refractivity contribution in [1.82, 2.24) is 4.98 Å². The van der Waals surface area contributed by atoms with Gasteiger partial charge in [0.2, 0.25) is 5.88 Å². The number of alkyl halides is 3. The molecule has 0 saturated carbocycles. The third-order valence-electron chi connectivity index (χ3n) is 1.09. The molecule has 0 saturated heterocycles. The van der Waals surface area contributed by atoms with Crippen molar-refractivity contribution >= 4 is 11.6 Å². The Kier molecular flexibility index (Phi) is 2.70. The molecule has 1 aromatic rings. The maximum absolute atomic E-state index is 12.5. The molecule has 0 atom stereocenters. The zero-order valence-electron chi connectivity index (χ0n) is 6.27. The average molecular weight is 232 g/mol. The third-order valence-corrected chi connectivity index (χ3v) is 1.36. The van der Waals surface area contributed by atoms with E-state index in [1.165, 1.54) is 0 Å². The fraction of sp³-hybridized carbons (Fsp3) is 0.167. The van der Waals surface area contributed by atoms with Crippen LogP contribution in [-0.4, -0.2) is 16.5 Å². The van der Waals surface area contributed by atoms with E-state index in [-0.39, 0.29) is 0 Å². The van der Waals surface area contributed by atoms with Gasteiger partial charge < -0.3 is 9.84 Å². The summed E-state index contributed by atoms with van der Waals surface area (Å²) in [5, 5.41) is 8.03. The Hall–Kier alpha value is -1.24. The van der Waals surface area contributed by atoms with Crippen molar-refractivity contribution in [3.8, 4) is 11.6 Å². The number of ether oxygens (including phenoxy) is 1. The van der Waals surface area contributed by atoms with E-state index in [9.17, 15) is 17.6 Å². The highest BCUT2D eigenvalue weighted by atomic mass is 35.5. The van der Waals surface area contributed by atoms with Crippen LogP contribution in [-0.2, 0) is 0 Å². The number of rotatable bonds is 1. The molecule has 0 bridgehead atoms. The van der Waals surface area contributed by atoms with Crippen molar-refractivity contribution in [3.63, 3.8) is 0 Å². The van der Waals surface area contributed by atoms with Crippen molar-refractivity contribution in [2.24, 2.45) is 0 Å². The Balaban J connectivity index is 3.04. The summed E-state index contributed by atoms with van der Waals surface area (Å²) in [5.74, 6) is -3.59. The predicted molar refractivity (Wildman–Crippen MR) is 37.6 cm³/mol. The predicted octanol–water partition coefficient (Wildman–Crippen LogP) is 2.48. The van der Waals surface area contributed by atoms with Gasteiger partial charge >= 0.3 is 6.36 Å². The van der Waals surface area contributed by atoms with Gasteiger partial charge in [-0.1, -0.05) is 11.6 Å². The average Bonchev–Trinajstić information content (AvgIpc) is 1.97. The maximum atomic E-state index is 12.5. The fourth-order valence-electron chi connectivity index (χ4n) is 0.622. The molecule has 0 fully saturated rings. The van der Waals surface area contributed by atoms with E-state index in [1.807, 2.05) is 0 Å². The number of aromatic hydroxyl groups is 1. The van der Waals surface area contributed by atoms with Crippen molar-refractivity contribution < 1.29 is 27.4 Å². The van der Waals surface area contributed by atoms with Crippen LogP contribution in [0.2, 0.25) is 5.02 Å². The molecule has 0 aromatic carbocycles. The monoisotopic (exact) mass is 231 g/mol. The van der Waals surface area contributed by atoms with Gasteiger partial charge in [-0.15, -0.1) is 13.2 Å². The minimum absolute atomic E-state index is 0.560. The summed E-state index contributed by atoms with van der Waals surface area (Å²) in [5.41, 5.74) is 0. The molecule has 14 heavy (non-hydrogen) atoms. The van der Waals surface area contributed by atoms with Crippen molar-refractivity contribution in [2.45, 2.75) is 6.36 Å². The van der Waals surface area contributed by atoms with E-state index in [2.05, 4.69) is 9.72 Å². The highest BCUT2D eigenvalue weighted by Gasteiger charge is 2.33. The standard InChI is InChI=1S/C6H2ClF4NO2/c7-2-1-3(13)4(8)12-5(2)14-6(9,10)11/h1,13H. The minimum Gasteiger partial charge on any atom is -0.504 e. The number of hydrogen-bond acceptors (Lipinski definition) is 3. The molecule has 1 aromatic heterocycles. The quantitative estimate of drug-likeness (QED) is 0.596. The normalized spacial score (nSPS) is 11.5. The highest BCUT2D eigenvalue weighted by Crippen LogP contribution is 2.31. The van der Waals surface area contributed by atoms with Gasteiger partial charge in [0.15, 0.2) is 5.75 Å². The molecule has 3 nitrogen and oxygen atoms in total. The number of pyridine rings is 1. The first kappa shape index (κ1) is 10.8. The van der Waals surface area contributed by atoms with Crippen molar-refractivity contribution in [1.29, 1.82) is 0 Å².